The zero-order valence-electron chi connectivity index (χ0n) is 4.06. The molecule has 0 aliphatic rings. The molecule has 0 aromatic rings. The molecule has 0 heterocycles. The molecule has 3 heteroatoms. The average Bonchev–Trinajstić information content (AvgIpc) is 1.65. The highest BCUT2D eigenvalue weighted by atomic mass is 79.9. The quantitative estimate of drug-likeness (QED) is 0.715. The van der Waals surface area contributed by atoms with Crippen molar-refractivity contribution >= 4 is 31.9 Å². The molecule has 7 heavy (non-hydrogen) atoms. The monoisotopic (exact) mass is 230 g/mol. The molecule has 44 valence electrons. The Morgan fingerprint density at radius 2 is 2.00 bits per heavy atom. The van der Waals surface area contributed by atoms with E-state index in [4.69, 9.17) is 5.11 Å². The van der Waals surface area contributed by atoms with Crippen molar-refractivity contribution in [2.75, 3.05) is 6.61 Å². The molecule has 1 nitrogen and oxygen atoms in total. The number of aliphatic hydroxyl groups is 1. The van der Waals surface area contributed by atoms with Crippen LogP contribution < -0.4 is 0 Å². The summed E-state index contributed by atoms with van der Waals surface area (Å²) in [5.74, 6) is 0. The van der Waals surface area contributed by atoms with Gasteiger partial charge in [-0.1, -0.05) is 38.8 Å². The second-order valence-corrected chi connectivity index (χ2v) is 4.00. The molecule has 0 unspecified atom stereocenters. The lowest BCUT2D eigenvalue weighted by molar-refractivity contribution is 0.297. The molecule has 0 rings (SSSR count). The Bertz CT molecular complexity index is 47.0. The highest BCUT2D eigenvalue weighted by Crippen LogP contribution is 2.11. The van der Waals surface area contributed by atoms with Crippen molar-refractivity contribution in [3.05, 3.63) is 0 Å². The third-order valence-electron chi connectivity index (χ3n) is 0.673. The SMILES string of the molecule is C[C@@H](Br)[C@@H](Br)CO. The van der Waals surface area contributed by atoms with Crippen LogP contribution in [0, 0.1) is 0 Å². The molecule has 0 aliphatic heterocycles. The van der Waals surface area contributed by atoms with Crippen molar-refractivity contribution < 1.29 is 5.11 Å². The molecule has 0 aromatic carbocycles. The topological polar surface area (TPSA) is 20.2 Å². The van der Waals surface area contributed by atoms with Gasteiger partial charge in [0.15, 0.2) is 0 Å². The summed E-state index contributed by atoms with van der Waals surface area (Å²) in [7, 11) is 0. The zero-order valence-corrected chi connectivity index (χ0v) is 7.24. The summed E-state index contributed by atoms with van der Waals surface area (Å²) in [6, 6.07) is 0. The summed E-state index contributed by atoms with van der Waals surface area (Å²) in [5, 5.41) is 8.43. The Kier molecular flexibility index (Phi) is 4.37. The number of halogens is 2. The van der Waals surface area contributed by atoms with Crippen LogP contribution in [0.5, 0.6) is 0 Å². The Labute approximate surface area is 60.4 Å². The van der Waals surface area contributed by atoms with Gasteiger partial charge in [-0.2, -0.15) is 0 Å². The maximum Gasteiger partial charge on any atom is 0.0567 e. The molecular weight excluding hydrogens is 224 g/mol. The molecule has 0 aromatic heterocycles. The predicted molar refractivity (Wildman–Crippen MR) is 38.2 cm³/mol. The number of hydrogen-bond acceptors (Lipinski definition) is 1. The highest BCUT2D eigenvalue weighted by molar-refractivity contribution is 9.12. The largest absolute Gasteiger partial charge is 0.395 e. The number of rotatable bonds is 2. The van der Waals surface area contributed by atoms with E-state index in [1.165, 1.54) is 0 Å². The van der Waals surface area contributed by atoms with Crippen LogP contribution in [0.1, 0.15) is 6.92 Å². The highest BCUT2D eigenvalue weighted by Gasteiger charge is 2.06. The first-order valence-electron chi connectivity index (χ1n) is 2.07. The van der Waals surface area contributed by atoms with Crippen molar-refractivity contribution in [3.63, 3.8) is 0 Å². The lowest BCUT2D eigenvalue weighted by Crippen LogP contribution is -2.13. The number of alkyl halides is 2. The van der Waals surface area contributed by atoms with Crippen LogP contribution in [0.15, 0.2) is 0 Å². The first-order chi connectivity index (χ1) is 3.18. The fraction of sp³-hybridized carbons (Fsp3) is 1.00. The molecule has 0 saturated carbocycles. The van der Waals surface area contributed by atoms with E-state index in [1.54, 1.807) is 0 Å². The van der Waals surface area contributed by atoms with E-state index in [2.05, 4.69) is 31.9 Å². The van der Waals surface area contributed by atoms with Gasteiger partial charge in [0.05, 0.1) is 6.61 Å². The van der Waals surface area contributed by atoms with Gasteiger partial charge in [-0.15, -0.1) is 0 Å². The molecule has 0 saturated heterocycles. The minimum Gasteiger partial charge on any atom is -0.395 e. The Morgan fingerprint density at radius 1 is 1.57 bits per heavy atom. The van der Waals surface area contributed by atoms with Crippen LogP contribution in [0.25, 0.3) is 0 Å². The molecule has 0 radical (unpaired) electrons. The lowest BCUT2D eigenvalue weighted by atomic mass is 10.4. The molecule has 0 fully saturated rings. The van der Waals surface area contributed by atoms with Crippen LogP contribution in [0.3, 0.4) is 0 Å². The van der Waals surface area contributed by atoms with Gasteiger partial charge in [-0.05, 0) is 0 Å². The minimum atomic E-state index is 0.187. The molecule has 1 N–H and O–H groups in total. The number of hydrogen-bond donors (Lipinski definition) is 1. The van der Waals surface area contributed by atoms with E-state index in [1.807, 2.05) is 6.92 Å². The van der Waals surface area contributed by atoms with Crippen LogP contribution in [0.2, 0.25) is 0 Å². The van der Waals surface area contributed by atoms with Gasteiger partial charge in [0.2, 0.25) is 0 Å². The summed E-state index contributed by atoms with van der Waals surface area (Å²) in [6.45, 7) is 2.17. The minimum absolute atomic E-state index is 0.187. The van der Waals surface area contributed by atoms with E-state index in [9.17, 15) is 0 Å². The summed E-state index contributed by atoms with van der Waals surface area (Å²) in [4.78, 5) is 0.532. The Morgan fingerprint density at radius 3 is 2.00 bits per heavy atom. The van der Waals surface area contributed by atoms with Crippen LogP contribution >= 0.6 is 31.9 Å². The van der Waals surface area contributed by atoms with E-state index in [-0.39, 0.29) is 11.4 Å². The standard InChI is InChI=1S/C4H8Br2O/c1-3(5)4(6)2-7/h3-4,7H,2H2,1H3/t3-,4+/m1/s1. The second kappa shape index (κ2) is 3.87. The summed E-state index contributed by atoms with van der Waals surface area (Å²) < 4.78 is 0. The third-order valence-corrected chi connectivity index (χ3v) is 3.10. The summed E-state index contributed by atoms with van der Waals surface area (Å²) >= 11 is 6.54. The van der Waals surface area contributed by atoms with Crippen LogP contribution in [-0.4, -0.2) is 21.4 Å². The van der Waals surface area contributed by atoms with Gasteiger partial charge >= 0.3 is 0 Å². The second-order valence-electron chi connectivity index (χ2n) is 1.38. The van der Waals surface area contributed by atoms with E-state index in [0.717, 1.165) is 0 Å². The fourth-order valence-electron chi connectivity index (χ4n) is 0.145. The van der Waals surface area contributed by atoms with Crippen molar-refractivity contribution in [3.8, 4) is 0 Å². The fourth-order valence-corrected chi connectivity index (χ4v) is 0.312. The average molecular weight is 232 g/mol. The maximum absolute atomic E-state index is 8.43. The Balaban J connectivity index is 3.14. The van der Waals surface area contributed by atoms with Crippen molar-refractivity contribution in [2.45, 2.75) is 16.6 Å². The van der Waals surface area contributed by atoms with Crippen molar-refractivity contribution in [2.24, 2.45) is 0 Å². The summed E-state index contributed by atoms with van der Waals surface area (Å²) in [5.41, 5.74) is 0. The molecule has 0 aliphatic carbocycles. The number of aliphatic hydroxyl groups excluding tert-OH is 1. The molecular formula is C4H8Br2O. The first-order valence-corrected chi connectivity index (χ1v) is 3.90. The molecule has 0 bridgehead atoms. The van der Waals surface area contributed by atoms with Crippen LogP contribution in [-0.2, 0) is 0 Å². The van der Waals surface area contributed by atoms with Gasteiger partial charge < -0.3 is 5.11 Å². The zero-order chi connectivity index (χ0) is 5.86. The van der Waals surface area contributed by atoms with Crippen molar-refractivity contribution in [1.82, 2.24) is 0 Å². The van der Waals surface area contributed by atoms with Gasteiger partial charge in [-0.3, -0.25) is 0 Å². The van der Waals surface area contributed by atoms with E-state index < -0.39 is 0 Å². The smallest absolute Gasteiger partial charge is 0.0567 e. The van der Waals surface area contributed by atoms with E-state index >= 15 is 0 Å². The van der Waals surface area contributed by atoms with E-state index in [0.29, 0.717) is 4.83 Å². The molecule has 0 spiro atoms. The summed E-state index contributed by atoms with van der Waals surface area (Å²) in [6.07, 6.45) is 0. The molecule has 2 atom stereocenters. The third kappa shape index (κ3) is 3.50. The predicted octanol–water partition coefficient (Wildman–Crippen LogP) is 1.53. The normalized spacial score (nSPS) is 18.9. The molecule has 0 amide bonds. The Hall–Kier alpha value is 0.920. The van der Waals surface area contributed by atoms with Crippen molar-refractivity contribution in [1.29, 1.82) is 0 Å². The van der Waals surface area contributed by atoms with Gasteiger partial charge in [0.25, 0.3) is 0 Å². The maximum atomic E-state index is 8.43. The first kappa shape index (κ1) is 7.92. The van der Waals surface area contributed by atoms with Gasteiger partial charge in [0.1, 0.15) is 0 Å². The van der Waals surface area contributed by atoms with Gasteiger partial charge in [-0.25, -0.2) is 0 Å². The van der Waals surface area contributed by atoms with Gasteiger partial charge in [0, 0.05) is 9.65 Å². The van der Waals surface area contributed by atoms with Crippen LogP contribution in [0.4, 0.5) is 0 Å². The lowest BCUT2D eigenvalue weighted by Gasteiger charge is -2.05.